The lowest BCUT2D eigenvalue weighted by molar-refractivity contribution is -0.870. The first-order valence-corrected chi connectivity index (χ1v) is 35.6. The fraction of sp³-hybridized carbons (Fsp3) is 0.637. The topological polar surface area (TPSA) is 111 Å². The van der Waals surface area contributed by atoms with E-state index in [1.165, 1.54) is 109 Å². The van der Waals surface area contributed by atoms with Gasteiger partial charge in [0.2, 0.25) is 0 Å². The number of carbonyl (C=O) groups excluding carboxylic acids is 3. The molecule has 0 spiro atoms. The SMILES string of the molecule is CC/C=C\C/C=C\C/C=C\C/C=C\C/C=C\C/C=C\C/C=C\C/C=C\C/C=C\CCCCCCCCCCCC(=O)OC(COC(=O)CCCCCCCCCCCCCCCC/C=C\C/C=C\C/C=C\C/C=C\CC)COC(OCC[N+](C)(C)C)C(=O)[O-]. The van der Waals surface area contributed by atoms with Crippen molar-refractivity contribution in [3.8, 4) is 0 Å². The molecule has 0 N–H and O–H groups in total. The van der Waals surface area contributed by atoms with Crippen molar-refractivity contribution >= 4 is 17.9 Å². The standard InChI is InChI=1S/C80H131NO8/c1-6-8-10-12-14-16-18-20-22-24-26-28-30-32-34-35-36-37-38-39-40-41-42-43-45-47-49-51-53-55-57-59-61-63-65-67-69-71-78(83)89-76(75-88-80(79(84)85)86-73-72-81(3,4)5)74-87-77(82)70-68-66-64-62-60-58-56-54-52-50-48-46-44-33-31-29-27-25-23-21-19-17-15-13-11-9-7-2/h8-11,14-17,20-23,26-29,32,34,36-37,39-40,42-43,47,49,76,80H,6-7,12-13,18-19,24-25,30-31,33,35,38,41,44-46,48,50-75H2,1-5H3/b10-8-,11-9-,16-14-,17-15-,22-20-,23-21-,28-26-,29-27-,34-32-,37-36-,40-39-,43-42-,49-47-. The number of ether oxygens (including phenoxy) is 4. The monoisotopic (exact) mass is 1230 g/mol. The van der Waals surface area contributed by atoms with Gasteiger partial charge in [-0.05, 0) is 122 Å². The normalized spacial score (nSPS) is 13.7. The summed E-state index contributed by atoms with van der Waals surface area (Å²) in [5.41, 5.74) is 0. The molecule has 9 nitrogen and oxygen atoms in total. The number of hydrogen-bond acceptors (Lipinski definition) is 8. The lowest BCUT2D eigenvalue weighted by Crippen LogP contribution is -2.44. The van der Waals surface area contributed by atoms with Gasteiger partial charge in [-0.1, -0.05) is 294 Å². The first kappa shape index (κ1) is 83.9. The van der Waals surface area contributed by atoms with Crippen molar-refractivity contribution in [3.63, 3.8) is 0 Å². The van der Waals surface area contributed by atoms with Gasteiger partial charge in [-0.25, -0.2) is 0 Å². The maximum Gasteiger partial charge on any atom is 0.306 e. The van der Waals surface area contributed by atoms with Gasteiger partial charge in [0.1, 0.15) is 13.2 Å². The van der Waals surface area contributed by atoms with Crippen LogP contribution in [0.1, 0.15) is 271 Å². The third-order valence-corrected chi connectivity index (χ3v) is 14.8. The number of allylic oxidation sites excluding steroid dienone is 26. The number of rotatable bonds is 64. The molecule has 0 saturated carbocycles. The molecule has 0 heterocycles. The minimum absolute atomic E-state index is 0.139. The average Bonchev–Trinajstić information content (AvgIpc) is 3.70. The molecule has 9 heteroatoms. The maximum atomic E-state index is 12.9. The van der Waals surface area contributed by atoms with Crippen molar-refractivity contribution < 1.29 is 42.9 Å². The van der Waals surface area contributed by atoms with E-state index >= 15 is 0 Å². The van der Waals surface area contributed by atoms with Gasteiger partial charge in [0.15, 0.2) is 12.4 Å². The Morgan fingerprint density at radius 2 is 0.607 bits per heavy atom. The number of unbranched alkanes of at least 4 members (excludes halogenated alkanes) is 23. The number of carbonyl (C=O) groups is 3. The van der Waals surface area contributed by atoms with E-state index in [0.29, 0.717) is 17.4 Å². The Balaban J connectivity index is 4.17. The summed E-state index contributed by atoms with van der Waals surface area (Å²) in [5.74, 6) is -2.30. The van der Waals surface area contributed by atoms with Crippen LogP contribution in [0.3, 0.4) is 0 Å². The van der Waals surface area contributed by atoms with E-state index in [1.807, 2.05) is 21.1 Å². The summed E-state index contributed by atoms with van der Waals surface area (Å²) in [6.07, 6.45) is 98.9. The summed E-state index contributed by atoms with van der Waals surface area (Å²) in [6.45, 7) is 4.51. The van der Waals surface area contributed by atoms with E-state index < -0.39 is 24.3 Å². The van der Waals surface area contributed by atoms with Crippen LogP contribution in [0.4, 0.5) is 0 Å². The molecular formula is C80H131NO8. The molecule has 0 amide bonds. The predicted molar refractivity (Wildman–Crippen MR) is 379 cm³/mol. The van der Waals surface area contributed by atoms with Crippen LogP contribution >= 0.6 is 0 Å². The first-order chi connectivity index (χ1) is 43.6. The van der Waals surface area contributed by atoms with Gasteiger partial charge in [-0.15, -0.1) is 0 Å². The van der Waals surface area contributed by atoms with Crippen LogP contribution in [0.15, 0.2) is 158 Å². The smallest absolute Gasteiger partial charge is 0.306 e. The molecular weight excluding hydrogens is 1100 g/mol. The molecule has 2 atom stereocenters. The highest BCUT2D eigenvalue weighted by Crippen LogP contribution is 2.16. The Labute approximate surface area is 546 Å². The highest BCUT2D eigenvalue weighted by atomic mass is 16.7. The van der Waals surface area contributed by atoms with Gasteiger partial charge < -0.3 is 33.3 Å². The Morgan fingerprint density at radius 1 is 0.337 bits per heavy atom. The first-order valence-electron chi connectivity index (χ1n) is 35.6. The molecule has 2 unspecified atom stereocenters. The second-order valence-electron chi connectivity index (χ2n) is 24.4. The summed E-state index contributed by atoms with van der Waals surface area (Å²) < 4.78 is 22.8. The summed E-state index contributed by atoms with van der Waals surface area (Å²) in [7, 11) is 5.92. The third-order valence-electron chi connectivity index (χ3n) is 14.8. The Kier molecular flexibility index (Phi) is 64.9. The highest BCUT2D eigenvalue weighted by molar-refractivity contribution is 5.70. The minimum atomic E-state index is -1.63. The van der Waals surface area contributed by atoms with Crippen molar-refractivity contribution in [1.29, 1.82) is 0 Å². The van der Waals surface area contributed by atoms with Crippen LogP contribution in [0.5, 0.6) is 0 Å². The maximum absolute atomic E-state index is 12.9. The minimum Gasteiger partial charge on any atom is -0.545 e. The summed E-state index contributed by atoms with van der Waals surface area (Å²) in [6, 6.07) is 0. The molecule has 0 fully saturated rings. The molecule has 0 aliphatic heterocycles. The van der Waals surface area contributed by atoms with Crippen molar-refractivity contribution in [3.05, 3.63) is 158 Å². The van der Waals surface area contributed by atoms with E-state index in [1.54, 1.807) is 0 Å². The van der Waals surface area contributed by atoms with Crippen molar-refractivity contribution in [2.45, 2.75) is 283 Å². The Morgan fingerprint density at radius 3 is 0.899 bits per heavy atom. The second-order valence-corrected chi connectivity index (χ2v) is 24.4. The van der Waals surface area contributed by atoms with Crippen LogP contribution in [-0.4, -0.2) is 82.3 Å². The van der Waals surface area contributed by atoms with Crippen molar-refractivity contribution in [2.24, 2.45) is 0 Å². The third kappa shape index (κ3) is 70.2. The number of carboxylic acids is 1. The number of likely N-dealkylation sites (N-methyl/N-ethyl adjacent to an activating group) is 1. The second kappa shape index (κ2) is 68.8. The van der Waals surface area contributed by atoms with Crippen LogP contribution in [0.25, 0.3) is 0 Å². The van der Waals surface area contributed by atoms with Crippen molar-refractivity contribution in [1.82, 2.24) is 0 Å². The quantitative estimate of drug-likeness (QED) is 0.0195. The van der Waals surface area contributed by atoms with E-state index in [0.717, 1.165) is 128 Å². The molecule has 0 saturated heterocycles. The molecule has 0 aliphatic carbocycles. The van der Waals surface area contributed by atoms with Crippen LogP contribution < -0.4 is 5.11 Å². The van der Waals surface area contributed by atoms with Gasteiger partial charge in [0.25, 0.3) is 0 Å². The zero-order valence-corrected chi connectivity index (χ0v) is 57.5. The number of hydrogen-bond donors (Lipinski definition) is 0. The summed E-state index contributed by atoms with van der Waals surface area (Å²) in [5, 5.41) is 11.8. The largest absolute Gasteiger partial charge is 0.545 e. The van der Waals surface area contributed by atoms with Crippen LogP contribution in [0, 0.1) is 0 Å². The Hall–Kier alpha value is -5.09. The van der Waals surface area contributed by atoms with E-state index in [9.17, 15) is 19.5 Å². The molecule has 0 aliphatic rings. The number of quaternary nitrogens is 1. The zero-order chi connectivity index (χ0) is 64.7. The molecule has 0 aromatic heterocycles. The van der Waals surface area contributed by atoms with E-state index in [4.69, 9.17) is 18.9 Å². The van der Waals surface area contributed by atoms with E-state index in [2.05, 4.69) is 172 Å². The lowest BCUT2D eigenvalue weighted by atomic mass is 10.0. The highest BCUT2D eigenvalue weighted by Gasteiger charge is 2.22. The van der Waals surface area contributed by atoms with Gasteiger partial charge in [-0.2, -0.15) is 0 Å². The van der Waals surface area contributed by atoms with Gasteiger partial charge >= 0.3 is 11.9 Å². The Bertz CT molecular complexity index is 2020. The van der Waals surface area contributed by atoms with Gasteiger partial charge in [0.05, 0.1) is 40.3 Å². The zero-order valence-electron chi connectivity index (χ0n) is 57.5. The number of nitrogens with zero attached hydrogens (tertiary/aromatic N) is 1. The van der Waals surface area contributed by atoms with Gasteiger partial charge in [0, 0.05) is 12.8 Å². The summed E-state index contributed by atoms with van der Waals surface area (Å²) in [4.78, 5) is 37.5. The molecule has 0 bridgehead atoms. The van der Waals surface area contributed by atoms with Crippen LogP contribution in [-0.2, 0) is 33.3 Å². The van der Waals surface area contributed by atoms with Crippen molar-refractivity contribution in [2.75, 3.05) is 47.5 Å². The van der Waals surface area contributed by atoms with Crippen LogP contribution in [0.2, 0.25) is 0 Å². The van der Waals surface area contributed by atoms with E-state index in [-0.39, 0.29) is 38.6 Å². The fourth-order valence-electron chi connectivity index (χ4n) is 9.40. The number of aliphatic carboxylic acids is 1. The molecule has 504 valence electrons. The molecule has 0 radical (unpaired) electrons. The van der Waals surface area contributed by atoms with Gasteiger partial charge in [-0.3, -0.25) is 9.59 Å². The average molecular weight is 1230 g/mol. The predicted octanol–water partition coefficient (Wildman–Crippen LogP) is 21.1. The number of carboxylic acid groups (broad SMARTS) is 1. The summed E-state index contributed by atoms with van der Waals surface area (Å²) >= 11 is 0. The molecule has 0 aromatic carbocycles. The molecule has 0 aromatic rings. The molecule has 0 rings (SSSR count). The lowest BCUT2D eigenvalue weighted by Gasteiger charge is -2.26. The molecule has 89 heavy (non-hydrogen) atoms. The fourth-order valence-corrected chi connectivity index (χ4v) is 9.40. The number of esters is 2.